The summed E-state index contributed by atoms with van der Waals surface area (Å²) >= 11 is 3.76. The molecule has 2 N–H and O–H groups in total. The Hall–Kier alpha value is -3.02. The molecule has 1 aromatic carbocycles. The molecule has 49 heavy (non-hydrogen) atoms. The number of rotatable bonds is 21. The van der Waals surface area contributed by atoms with Crippen molar-refractivity contribution in [3.63, 3.8) is 0 Å². The Morgan fingerprint density at radius 2 is 1.88 bits per heavy atom. The van der Waals surface area contributed by atoms with Gasteiger partial charge in [0.05, 0.1) is 24.0 Å². The molecule has 1 aromatic rings. The van der Waals surface area contributed by atoms with Gasteiger partial charge in [-0.2, -0.15) is 0 Å². The van der Waals surface area contributed by atoms with Crippen LogP contribution in [0.2, 0.25) is 0 Å². The van der Waals surface area contributed by atoms with Crippen LogP contribution in [0, 0.1) is 11.8 Å². The molecule has 3 saturated heterocycles. The highest BCUT2D eigenvalue weighted by molar-refractivity contribution is 9.09. The van der Waals surface area contributed by atoms with Crippen molar-refractivity contribution in [2.24, 2.45) is 11.8 Å². The number of carbonyl (C=O) groups is 4. The lowest BCUT2D eigenvalue weighted by molar-refractivity contribution is -0.162. The van der Waals surface area contributed by atoms with E-state index in [1.807, 2.05) is 30.3 Å². The van der Waals surface area contributed by atoms with E-state index in [9.17, 15) is 24.3 Å². The highest BCUT2D eigenvalue weighted by atomic mass is 79.9. The maximum absolute atomic E-state index is 14.6. The normalized spacial score (nSPS) is 26.6. The maximum atomic E-state index is 14.6. The molecule has 3 amide bonds. The van der Waals surface area contributed by atoms with Crippen LogP contribution in [-0.2, 0) is 28.7 Å². The molecule has 3 aliphatic rings. The van der Waals surface area contributed by atoms with Crippen LogP contribution in [0.5, 0.6) is 0 Å². The standard InChI is InChI=1S/C38H54BrN3O7/c1-5-8-15-22-41(21-7-3)36(46)34-38-25-28(39)33(49-38)30(31(38)35(45)42(34)23-16-10-11-17-24-43)37(47)48-32(27-18-13-12-14-19-27)26(4)40-29(44)20-9-6-2/h6-7,12-14,18-19,26,28,30-34,43H,2-3,5,8-11,15-17,20-25H2,1,4H3,(H,40,44)/t26-,28?,30-,31+,32-,33-,34-,38+/m0/s1. The Kier molecular flexibility index (Phi) is 14.5. The number of esters is 1. The molecule has 0 radical (unpaired) electrons. The minimum Gasteiger partial charge on any atom is -0.455 e. The second-order valence-corrected chi connectivity index (χ2v) is 14.7. The van der Waals surface area contributed by atoms with Gasteiger partial charge in [-0.15, -0.1) is 13.2 Å². The molecule has 4 rings (SSSR count). The Morgan fingerprint density at radius 3 is 2.55 bits per heavy atom. The fourth-order valence-electron chi connectivity index (χ4n) is 7.78. The summed E-state index contributed by atoms with van der Waals surface area (Å²) in [4.78, 5) is 59.3. The number of carbonyl (C=O) groups excluding carboxylic acids is 4. The van der Waals surface area contributed by atoms with Gasteiger partial charge in [-0.1, -0.05) is 91.0 Å². The average molecular weight is 745 g/mol. The van der Waals surface area contributed by atoms with E-state index >= 15 is 0 Å². The van der Waals surface area contributed by atoms with Crippen molar-refractivity contribution in [3.05, 3.63) is 61.2 Å². The molecule has 8 atom stereocenters. The van der Waals surface area contributed by atoms with Crippen LogP contribution in [0.4, 0.5) is 0 Å². The number of hydrogen-bond donors (Lipinski definition) is 2. The summed E-state index contributed by atoms with van der Waals surface area (Å²) in [6.07, 6.45) is 8.84. The predicted molar refractivity (Wildman–Crippen MR) is 192 cm³/mol. The summed E-state index contributed by atoms with van der Waals surface area (Å²) in [5, 5.41) is 12.2. The summed E-state index contributed by atoms with van der Waals surface area (Å²) in [6.45, 7) is 12.8. The van der Waals surface area contributed by atoms with E-state index in [4.69, 9.17) is 9.47 Å². The number of amides is 3. The third kappa shape index (κ3) is 8.66. The number of nitrogens with zero attached hydrogens (tertiary/aromatic N) is 2. The lowest BCUT2D eigenvalue weighted by Gasteiger charge is -2.37. The van der Waals surface area contributed by atoms with Crippen molar-refractivity contribution in [2.75, 3.05) is 26.2 Å². The Morgan fingerprint density at radius 1 is 1.14 bits per heavy atom. The van der Waals surface area contributed by atoms with Gasteiger partial charge in [0.1, 0.15) is 17.7 Å². The van der Waals surface area contributed by atoms with Crippen LogP contribution in [0.15, 0.2) is 55.6 Å². The minimum atomic E-state index is -1.20. The number of alkyl halides is 1. The lowest BCUT2D eigenvalue weighted by Crippen LogP contribution is -2.57. The minimum absolute atomic E-state index is 0.107. The number of allylic oxidation sites excluding steroid dienone is 1. The Labute approximate surface area is 299 Å². The zero-order valence-corrected chi connectivity index (χ0v) is 30.7. The number of unbranched alkanes of at least 4 members (excludes halogenated alkanes) is 5. The van der Waals surface area contributed by atoms with Gasteiger partial charge >= 0.3 is 5.97 Å². The van der Waals surface area contributed by atoms with Crippen LogP contribution < -0.4 is 5.32 Å². The zero-order chi connectivity index (χ0) is 35.6. The van der Waals surface area contributed by atoms with E-state index in [-0.39, 0.29) is 35.6 Å². The number of likely N-dealkylation sites (tertiary alicyclic amines) is 1. The third-order valence-corrected chi connectivity index (χ3v) is 10.9. The summed E-state index contributed by atoms with van der Waals surface area (Å²) in [6, 6.07) is 7.79. The topological polar surface area (TPSA) is 125 Å². The molecule has 0 aliphatic carbocycles. The molecule has 10 nitrogen and oxygen atoms in total. The maximum Gasteiger partial charge on any atom is 0.313 e. The van der Waals surface area contributed by atoms with Gasteiger partial charge in [0.25, 0.3) is 0 Å². The zero-order valence-electron chi connectivity index (χ0n) is 29.1. The molecule has 270 valence electrons. The second kappa shape index (κ2) is 18.3. The largest absolute Gasteiger partial charge is 0.455 e. The van der Waals surface area contributed by atoms with Gasteiger partial charge in [0.15, 0.2) is 0 Å². The third-order valence-electron chi connectivity index (χ3n) is 10.1. The van der Waals surface area contributed by atoms with E-state index < -0.39 is 47.7 Å². The monoisotopic (exact) mass is 743 g/mol. The van der Waals surface area contributed by atoms with E-state index in [1.165, 1.54) is 0 Å². The van der Waals surface area contributed by atoms with Crippen LogP contribution in [0.1, 0.15) is 89.7 Å². The summed E-state index contributed by atoms with van der Waals surface area (Å²) in [5.74, 6) is -3.05. The van der Waals surface area contributed by atoms with Crippen molar-refractivity contribution in [3.8, 4) is 0 Å². The first-order chi connectivity index (χ1) is 23.6. The summed E-state index contributed by atoms with van der Waals surface area (Å²) < 4.78 is 13.0. The number of hydrogen-bond acceptors (Lipinski definition) is 7. The van der Waals surface area contributed by atoms with Crippen molar-refractivity contribution in [2.45, 2.75) is 113 Å². The molecular weight excluding hydrogens is 690 g/mol. The SMILES string of the molecule is C=CCCC(=O)N[C@@H](C)[C@H](OC(=O)[C@@H]1[C@H]2O[C@@]3(CC2Br)[C@H](C(=O)N(CC=C)CCCCC)N(CCCCCCO)C(=O)[C@@H]13)c1ccccc1. The van der Waals surface area contributed by atoms with Crippen molar-refractivity contribution >= 4 is 39.6 Å². The molecule has 0 aromatic heterocycles. The van der Waals surface area contributed by atoms with Crippen molar-refractivity contribution in [1.82, 2.24) is 15.1 Å². The van der Waals surface area contributed by atoms with E-state index in [0.717, 1.165) is 32.1 Å². The van der Waals surface area contributed by atoms with Crippen LogP contribution in [0.3, 0.4) is 0 Å². The first-order valence-corrected chi connectivity index (χ1v) is 18.8. The number of nitrogens with one attached hydrogen (secondary N) is 1. The lowest BCUT2D eigenvalue weighted by atomic mass is 9.70. The highest BCUT2D eigenvalue weighted by Gasteiger charge is 2.77. The molecule has 2 bridgehead atoms. The number of aliphatic hydroxyl groups excluding tert-OH is 1. The van der Waals surface area contributed by atoms with E-state index in [2.05, 4.69) is 41.3 Å². The van der Waals surface area contributed by atoms with Gasteiger partial charge in [-0.25, -0.2) is 0 Å². The molecular formula is C38H54BrN3O7. The van der Waals surface area contributed by atoms with Gasteiger partial charge in [-0.05, 0) is 44.6 Å². The molecule has 3 heterocycles. The number of ether oxygens (including phenoxy) is 2. The van der Waals surface area contributed by atoms with Crippen LogP contribution in [-0.4, -0.2) is 93.5 Å². The quantitative estimate of drug-likeness (QED) is 0.0763. The number of aliphatic hydroxyl groups is 1. The van der Waals surface area contributed by atoms with E-state index in [1.54, 1.807) is 28.9 Å². The Balaban J connectivity index is 1.66. The fourth-order valence-corrected chi connectivity index (χ4v) is 8.72. The highest BCUT2D eigenvalue weighted by Crippen LogP contribution is 2.60. The van der Waals surface area contributed by atoms with Crippen molar-refractivity contribution in [1.29, 1.82) is 0 Å². The Bertz CT molecular complexity index is 1310. The molecule has 3 fully saturated rings. The number of benzene rings is 1. The smallest absolute Gasteiger partial charge is 0.313 e. The predicted octanol–water partition coefficient (Wildman–Crippen LogP) is 5.25. The molecule has 1 spiro atoms. The fraction of sp³-hybridized carbons (Fsp3) is 0.632. The number of halogens is 1. The first-order valence-electron chi connectivity index (χ1n) is 17.9. The van der Waals surface area contributed by atoms with Gasteiger partial charge in [0.2, 0.25) is 17.7 Å². The number of fused-ring (bicyclic) bond motifs is 1. The molecule has 3 aliphatic heterocycles. The van der Waals surface area contributed by atoms with Crippen LogP contribution >= 0.6 is 15.9 Å². The van der Waals surface area contributed by atoms with Crippen LogP contribution in [0.25, 0.3) is 0 Å². The molecule has 0 saturated carbocycles. The van der Waals surface area contributed by atoms with E-state index in [0.29, 0.717) is 50.9 Å². The average Bonchev–Trinajstić information content (AvgIpc) is 3.68. The molecule has 11 heteroatoms. The second-order valence-electron chi connectivity index (χ2n) is 13.6. The molecule has 1 unspecified atom stereocenters. The first kappa shape index (κ1) is 38.8. The summed E-state index contributed by atoms with van der Waals surface area (Å²) in [5.41, 5.74) is -0.484. The van der Waals surface area contributed by atoms with Gasteiger partial charge in [-0.3, -0.25) is 19.2 Å². The summed E-state index contributed by atoms with van der Waals surface area (Å²) in [7, 11) is 0. The van der Waals surface area contributed by atoms with Gasteiger partial charge in [0, 0.05) is 37.5 Å². The van der Waals surface area contributed by atoms with Gasteiger partial charge < -0.3 is 29.7 Å². The van der Waals surface area contributed by atoms with Crippen molar-refractivity contribution < 1.29 is 33.8 Å².